The quantitative estimate of drug-likeness (QED) is 0.435. The zero-order chi connectivity index (χ0) is 23.4. The van der Waals surface area contributed by atoms with E-state index in [2.05, 4.69) is 64.4 Å². The smallest absolute Gasteiger partial charge is 0.231 e. The average molecular weight is 466 g/mol. The lowest BCUT2D eigenvalue weighted by Crippen LogP contribution is -2.35. The second-order valence-electron chi connectivity index (χ2n) is 10.3. The van der Waals surface area contributed by atoms with Crippen LogP contribution in [0.4, 0.5) is 0 Å². The van der Waals surface area contributed by atoms with Gasteiger partial charge in [0.2, 0.25) is 5.91 Å². The Labute approximate surface area is 205 Å². The van der Waals surface area contributed by atoms with E-state index in [1.165, 1.54) is 44.1 Å². The largest absolute Gasteiger partial charge is 0.379 e. The molecule has 4 heterocycles. The minimum atomic E-state index is 0.236. The molecule has 1 fully saturated rings. The summed E-state index contributed by atoms with van der Waals surface area (Å²) in [6, 6.07) is 20.0. The van der Waals surface area contributed by atoms with Crippen molar-refractivity contribution >= 4 is 27.7 Å². The summed E-state index contributed by atoms with van der Waals surface area (Å²) in [4.78, 5) is 18.1. The van der Waals surface area contributed by atoms with Crippen molar-refractivity contribution in [3.63, 3.8) is 0 Å². The maximum Gasteiger partial charge on any atom is 0.231 e. The lowest BCUT2D eigenvalue weighted by Gasteiger charge is -2.30. The SMILES string of the molecule is O=C1CCc2cc3c(c4c5cc(CN6CCOCC6)ccc5n1c24)CCN(Cc1ccccc1)C3. The van der Waals surface area contributed by atoms with Crippen LogP contribution in [0.2, 0.25) is 0 Å². The molecule has 3 aliphatic rings. The summed E-state index contributed by atoms with van der Waals surface area (Å²) in [6.45, 7) is 7.53. The molecule has 0 atom stereocenters. The Bertz CT molecular complexity index is 1430. The first-order valence-corrected chi connectivity index (χ1v) is 12.9. The number of fused-ring (bicyclic) bond motifs is 5. The third kappa shape index (κ3) is 3.70. The molecule has 7 rings (SSSR count). The Morgan fingerprint density at radius 2 is 1.60 bits per heavy atom. The number of morpholine rings is 1. The summed E-state index contributed by atoms with van der Waals surface area (Å²) < 4.78 is 7.56. The number of carbonyl (C=O) groups is 1. The molecule has 0 spiro atoms. The van der Waals surface area contributed by atoms with E-state index in [0.717, 1.165) is 70.8 Å². The average Bonchev–Trinajstić information content (AvgIpc) is 3.23. The molecule has 3 aliphatic heterocycles. The highest BCUT2D eigenvalue weighted by Gasteiger charge is 2.29. The number of ether oxygens (including phenoxy) is 1. The van der Waals surface area contributed by atoms with Crippen LogP contribution in [-0.4, -0.2) is 53.1 Å². The maximum atomic E-state index is 13.1. The fourth-order valence-electron chi connectivity index (χ4n) is 6.39. The summed E-state index contributed by atoms with van der Waals surface area (Å²) >= 11 is 0. The number of hydrogen-bond acceptors (Lipinski definition) is 4. The van der Waals surface area contributed by atoms with Gasteiger partial charge in [0.25, 0.3) is 0 Å². The first kappa shape index (κ1) is 21.3. The summed E-state index contributed by atoms with van der Waals surface area (Å²) in [7, 11) is 0. The third-order valence-corrected chi connectivity index (χ3v) is 8.06. The van der Waals surface area contributed by atoms with Crippen LogP contribution < -0.4 is 0 Å². The van der Waals surface area contributed by atoms with Crippen LogP contribution in [0.3, 0.4) is 0 Å². The molecule has 4 aromatic rings. The predicted molar refractivity (Wildman–Crippen MR) is 139 cm³/mol. The van der Waals surface area contributed by atoms with Gasteiger partial charge in [-0.05, 0) is 52.8 Å². The third-order valence-electron chi connectivity index (χ3n) is 8.06. The summed E-state index contributed by atoms with van der Waals surface area (Å²) in [5, 5.41) is 2.60. The number of carbonyl (C=O) groups excluding carboxylic acids is 1. The van der Waals surface area contributed by atoms with Gasteiger partial charge in [0.05, 0.1) is 24.2 Å². The van der Waals surface area contributed by atoms with E-state index < -0.39 is 0 Å². The van der Waals surface area contributed by atoms with E-state index >= 15 is 0 Å². The lowest BCUT2D eigenvalue weighted by atomic mass is 9.89. The van der Waals surface area contributed by atoms with Crippen molar-refractivity contribution in [3.8, 4) is 0 Å². The van der Waals surface area contributed by atoms with Crippen molar-refractivity contribution < 1.29 is 9.53 Å². The Morgan fingerprint density at radius 1 is 0.771 bits per heavy atom. The van der Waals surface area contributed by atoms with Gasteiger partial charge in [-0.1, -0.05) is 42.5 Å². The molecule has 0 amide bonds. The molecule has 5 heteroatoms. The van der Waals surface area contributed by atoms with Gasteiger partial charge in [-0.3, -0.25) is 19.2 Å². The van der Waals surface area contributed by atoms with E-state index in [-0.39, 0.29) is 5.91 Å². The van der Waals surface area contributed by atoms with Gasteiger partial charge < -0.3 is 4.74 Å². The summed E-state index contributed by atoms with van der Waals surface area (Å²) in [5.74, 6) is 0.236. The first-order valence-electron chi connectivity index (χ1n) is 12.9. The lowest BCUT2D eigenvalue weighted by molar-refractivity contribution is 0.0342. The predicted octanol–water partition coefficient (Wildman–Crippen LogP) is 4.77. The molecule has 5 nitrogen and oxygen atoms in total. The molecule has 0 bridgehead atoms. The van der Waals surface area contributed by atoms with Crippen LogP contribution in [0.15, 0.2) is 54.6 Å². The minimum Gasteiger partial charge on any atom is -0.379 e. The number of aryl methyl sites for hydroxylation is 1. The molecule has 35 heavy (non-hydrogen) atoms. The van der Waals surface area contributed by atoms with Gasteiger partial charge in [-0.25, -0.2) is 0 Å². The number of nitrogens with zero attached hydrogens (tertiary/aromatic N) is 3. The first-order chi connectivity index (χ1) is 17.2. The van der Waals surface area contributed by atoms with Crippen LogP contribution in [0.5, 0.6) is 0 Å². The van der Waals surface area contributed by atoms with E-state index in [0.29, 0.717) is 6.42 Å². The van der Waals surface area contributed by atoms with Crippen molar-refractivity contribution in [3.05, 3.63) is 82.4 Å². The Morgan fingerprint density at radius 3 is 2.46 bits per heavy atom. The molecule has 0 N–H and O–H groups in total. The highest BCUT2D eigenvalue weighted by atomic mass is 16.5. The number of benzene rings is 3. The molecule has 178 valence electrons. The van der Waals surface area contributed by atoms with E-state index in [1.807, 2.05) is 4.57 Å². The monoisotopic (exact) mass is 465 g/mol. The topological polar surface area (TPSA) is 37.7 Å². The van der Waals surface area contributed by atoms with Gasteiger partial charge in [0.15, 0.2) is 0 Å². The van der Waals surface area contributed by atoms with Crippen LogP contribution >= 0.6 is 0 Å². The maximum absolute atomic E-state index is 13.1. The second kappa shape index (κ2) is 8.59. The Kier molecular flexibility index (Phi) is 5.23. The molecule has 1 aromatic heterocycles. The number of aromatic nitrogens is 1. The van der Waals surface area contributed by atoms with Crippen LogP contribution in [0, 0.1) is 0 Å². The molecule has 0 aliphatic carbocycles. The zero-order valence-corrected chi connectivity index (χ0v) is 20.1. The molecule has 0 saturated carbocycles. The van der Waals surface area contributed by atoms with Gasteiger partial charge in [-0.2, -0.15) is 0 Å². The standard InChI is InChI=1S/C30H31N3O2/c34-28-9-7-23-17-24-20-32(18-21-4-2-1-3-5-21)11-10-25(24)29-26-16-22(19-31-12-14-35-15-13-31)6-8-27(26)33(28)30(23)29/h1-6,8,16-17H,7,9-15,18-20H2. The van der Waals surface area contributed by atoms with Gasteiger partial charge in [0, 0.05) is 56.5 Å². The highest BCUT2D eigenvalue weighted by Crippen LogP contribution is 2.40. The van der Waals surface area contributed by atoms with Gasteiger partial charge in [0.1, 0.15) is 0 Å². The van der Waals surface area contributed by atoms with Crippen molar-refractivity contribution in [1.29, 1.82) is 0 Å². The van der Waals surface area contributed by atoms with Crippen LogP contribution in [0.1, 0.15) is 39.0 Å². The van der Waals surface area contributed by atoms with Crippen molar-refractivity contribution in [1.82, 2.24) is 14.4 Å². The molecule has 0 unspecified atom stereocenters. The zero-order valence-electron chi connectivity index (χ0n) is 20.1. The van der Waals surface area contributed by atoms with Gasteiger partial charge in [-0.15, -0.1) is 0 Å². The van der Waals surface area contributed by atoms with Crippen LogP contribution in [-0.2, 0) is 37.2 Å². The second-order valence-corrected chi connectivity index (χ2v) is 10.3. The van der Waals surface area contributed by atoms with E-state index in [9.17, 15) is 4.79 Å². The molecular formula is C30H31N3O2. The molecule has 3 aromatic carbocycles. The molecular weight excluding hydrogens is 434 g/mol. The summed E-state index contributed by atoms with van der Waals surface area (Å²) in [6.07, 6.45) is 2.46. The number of rotatable bonds is 4. The van der Waals surface area contributed by atoms with Crippen molar-refractivity contribution in [2.75, 3.05) is 32.8 Å². The minimum absolute atomic E-state index is 0.236. The van der Waals surface area contributed by atoms with E-state index in [4.69, 9.17) is 4.74 Å². The highest BCUT2D eigenvalue weighted by molar-refractivity contribution is 6.17. The van der Waals surface area contributed by atoms with Crippen LogP contribution in [0.25, 0.3) is 21.8 Å². The van der Waals surface area contributed by atoms with Crippen molar-refractivity contribution in [2.45, 2.75) is 38.9 Å². The Balaban J connectivity index is 1.33. The number of hydrogen-bond donors (Lipinski definition) is 0. The fraction of sp³-hybridized carbons (Fsp3) is 0.367. The molecule has 0 radical (unpaired) electrons. The Hall–Kier alpha value is -2.99. The van der Waals surface area contributed by atoms with E-state index in [1.54, 1.807) is 0 Å². The van der Waals surface area contributed by atoms with Crippen molar-refractivity contribution in [2.24, 2.45) is 0 Å². The normalized spacial score (nSPS) is 18.9. The molecule has 1 saturated heterocycles. The summed E-state index contributed by atoms with van der Waals surface area (Å²) in [5.41, 5.74) is 9.19. The van der Waals surface area contributed by atoms with Gasteiger partial charge >= 0.3 is 0 Å². The fourth-order valence-corrected chi connectivity index (χ4v) is 6.39.